The van der Waals surface area contributed by atoms with Crippen molar-refractivity contribution >= 4 is 27.8 Å². The van der Waals surface area contributed by atoms with Crippen molar-refractivity contribution in [2.75, 3.05) is 11.4 Å². The smallest absolute Gasteiger partial charge is 0.186 e. The molecule has 2 rings (SSSR count). The maximum atomic E-state index is 4.58. The molecule has 1 N–H and O–H groups in total. The van der Waals surface area contributed by atoms with E-state index in [4.69, 9.17) is 0 Å². The van der Waals surface area contributed by atoms with Gasteiger partial charge in [-0.1, -0.05) is 13.0 Å². The Hall–Kier alpha value is -0.910. The molecule has 5 heteroatoms. The third-order valence-corrected chi connectivity index (χ3v) is 4.76. The van der Waals surface area contributed by atoms with Crippen LogP contribution >= 0.6 is 22.7 Å². The molecule has 2 aromatic rings. The van der Waals surface area contributed by atoms with Crippen molar-refractivity contribution in [3.05, 3.63) is 33.5 Å². The fourth-order valence-corrected chi connectivity index (χ4v) is 3.52. The summed E-state index contributed by atoms with van der Waals surface area (Å²) in [5.41, 5.74) is 0. The van der Waals surface area contributed by atoms with Crippen LogP contribution < -0.4 is 10.2 Å². The zero-order chi connectivity index (χ0) is 13.7. The van der Waals surface area contributed by atoms with Crippen molar-refractivity contribution in [3.63, 3.8) is 0 Å². The highest BCUT2D eigenvalue weighted by Crippen LogP contribution is 2.27. The maximum absolute atomic E-state index is 4.58. The summed E-state index contributed by atoms with van der Waals surface area (Å²) in [7, 11) is 0. The van der Waals surface area contributed by atoms with Crippen molar-refractivity contribution < 1.29 is 0 Å². The maximum Gasteiger partial charge on any atom is 0.186 e. The molecule has 0 radical (unpaired) electrons. The van der Waals surface area contributed by atoms with Crippen molar-refractivity contribution in [3.8, 4) is 0 Å². The van der Waals surface area contributed by atoms with Crippen LogP contribution in [-0.4, -0.2) is 17.6 Å². The highest BCUT2D eigenvalue weighted by atomic mass is 32.1. The number of aromatic nitrogens is 1. The van der Waals surface area contributed by atoms with E-state index >= 15 is 0 Å². The van der Waals surface area contributed by atoms with E-state index in [-0.39, 0.29) is 0 Å². The third kappa shape index (κ3) is 4.03. The van der Waals surface area contributed by atoms with Crippen LogP contribution in [0.4, 0.5) is 5.13 Å². The Morgan fingerprint density at radius 3 is 2.84 bits per heavy atom. The number of hydrogen-bond donors (Lipinski definition) is 1. The van der Waals surface area contributed by atoms with Gasteiger partial charge in [0.2, 0.25) is 0 Å². The second-order valence-corrected chi connectivity index (χ2v) is 6.82. The predicted molar refractivity (Wildman–Crippen MR) is 85.1 cm³/mol. The first-order valence-corrected chi connectivity index (χ1v) is 8.34. The van der Waals surface area contributed by atoms with Crippen LogP contribution in [0.5, 0.6) is 0 Å². The van der Waals surface area contributed by atoms with E-state index in [2.05, 4.69) is 53.5 Å². The SMILES string of the molecule is CCNCc1cnc(N(Cc2cccs2)C(C)C)s1. The Balaban J connectivity index is 2.08. The topological polar surface area (TPSA) is 28.2 Å². The number of nitrogens with one attached hydrogen (secondary N) is 1. The molecule has 0 unspecified atom stereocenters. The minimum absolute atomic E-state index is 0.459. The van der Waals surface area contributed by atoms with Gasteiger partial charge >= 0.3 is 0 Å². The van der Waals surface area contributed by atoms with E-state index in [0.717, 1.165) is 24.8 Å². The highest BCUT2D eigenvalue weighted by Gasteiger charge is 2.15. The molecule has 104 valence electrons. The van der Waals surface area contributed by atoms with Gasteiger partial charge < -0.3 is 10.2 Å². The molecule has 2 aromatic heterocycles. The average Bonchev–Trinajstić information content (AvgIpc) is 3.04. The summed E-state index contributed by atoms with van der Waals surface area (Å²) in [5, 5.41) is 6.60. The van der Waals surface area contributed by atoms with Crippen LogP contribution in [0.15, 0.2) is 23.7 Å². The zero-order valence-electron chi connectivity index (χ0n) is 11.7. The van der Waals surface area contributed by atoms with Gasteiger partial charge in [-0.2, -0.15) is 0 Å². The third-order valence-electron chi connectivity index (χ3n) is 2.87. The van der Waals surface area contributed by atoms with Gasteiger partial charge in [-0.3, -0.25) is 0 Å². The highest BCUT2D eigenvalue weighted by molar-refractivity contribution is 7.15. The molecule has 3 nitrogen and oxygen atoms in total. The molecule has 0 aliphatic rings. The largest absolute Gasteiger partial charge is 0.341 e. The van der Waals surface area contributed by atoms with Crippen molar-refractivity contribution in [1.29, 1.82) is 0 Å². The summed E-state index contributed by atoms with van der Waals surface area (Å²) in [6.45, 7) is 9.43. The van der Waals surface area contributed by atoms with Gasteiger partial charge in [0.05, 0.1) is 6.54 Å². The van der Waals surface area contributed by atoms with Crippen LogP contribution in [0.1, 0.15) is 30.5 Å². The van der Waals surface area contributed by atoms with E-state index in [1.807, 2.05) is 6.20 Å². The lowest BCUT2D eigenvalue weighted by Crippen LogP contribution is -2.29. The predicted octanol–water partition coefficient (Wildman–Crippen LogP) is 3.73. The number of rotatable bonds is 7. The lowest BCUT2D eigenvalue weighted by molar-refractivity contribution is 0.684. The fourth-order valence-electron chi connectivity index (χ4n) is 1.80. The molecular weight excluding hydrogens is 274 g/mol. The van der Waals surface area contributed by atoms with Gasteiger partial charge in [0.15, 0.2) is 5.13 Å². The molecule has 0 aromatic carbocycles. The molecule has 0 aliphatic carbocycles. The standard InChI is InChI=1S/C14H21N3S2/c1-4-15-8-13-9-16-14(19-13)17(11(2)3)10-12-6-5-7-18-12/h5-7,9,11,15H,4,8,10H2,1-3H3. The second kappa shape index (κ2) is 7.03. The lowest BCUT2D eigenvalue weighted by Gasteiger charge is -2.25. The van der Waals surface area contributed by atoms with Gasteiger partial charge in [-0.05, 0) is 31.8 Å². The molecule has 0 saturated heterocycles. The zero-order valence-corrected chi connectivity index (χ0v) is 13.4. The Kier molecular flexibility index (Phi) is 5.36. The normalized spacial score (nSPS) is 11.2. The second-order valence-electron chi connectivity index (χ2n) is 4.69. The van der Waals surface area contributed by atoms with Crippen LogP contribution in [0, 0.1) is 0 Å². The molecule has 0 atom stereocenters. The molecule has 0 bridgehead atoms. The average molecular weight is 295 g/mol. The summed E-state index contributed by atoms with van der Waals surface area (Å²) in [5.74, 6) is 0. The van der Waals surface area contributed by atoms with Gasteiger partial charge in [0.1, 0.15) is 0 Å². The van der Waals surface area contributed by atoms with Gasteiger partial charge in [0.25, 0.3) is 0 Å². The molecule has 19 heavy (non-hydrogen) atoms. The van der Waals surface area contributed by atoms with Gasteiger partial charge in [0, 0.05) is 28.5 Å². The van der Waals surface area contributed by atoms with Crippen LogP contribution in [0.3, 0.4) is 0 Å². The summed E-state index contributed by atoms with van der Waals surface area (Å²) < 4.78 is 0. The minimum Gasteiger partial charge on any atom is -0.341 e. The molecule has 0 amide bonds. The molecule has 0 fully saturated rings. The Morgan fingerprint density at radius 1 is 1.37 bits per heavy atom. The van der Waals surface area contributed by atoms with Crippen LogP contribution in [0.25, 0.3) is 0 Å². The summed E-state index contributed by atoms with van der Waals surface area (Å²) in [6.07, 6.45) is 1.99. The Morgan fingerprint density at radius 2 is 2.21 bits per heavy atom. The Bertz CT molecular complexity index is 477. The molecule has 0 spiro atoms. The number of nitrogens with zero attached hydrogens (tertiary/aromatic N) is 2. The van der Waals surface area contributed by atoms with Gasteiger partial charge in [-0.25, -0.2) is 4.98 Å². The first-order chi connectivity index (χ1) is 9.20. The molecular formula is C14H21N3S2. The van der Waals surface area contributed by atoms with Crippen molar-refractivity contribution in [2.24, 2.45) is 0 Å². The monoisotopic (exact) mass is 295 g/mol. The van der Waals surface area contributed by atoms with Crippen molar-refractivity contribution in [1.82, 2.24) is 10.3 Å². The fraction of sp³-hybridized carbons (Fsp3) is 0.500. The lowest BCUT2D eigenvalue weighted by atomic mass is 10.3. The number of anilines is 1. The number of thiophene rings is 1. The quantitative estimate of drug-likeness (QED) is 0.843. The van der Waals surface area contributed by atoms with Gasteiger partial charge in [-0.15, -0.1) is 22.7 Å². The van der Waals surface area contributed by atoms with E-state index in [1.54, 1.807) is 22.7 Å². The first kappa shape index (κ1) is 14.5. The molecule has 0 aliphatic heterocycles. The Labute approximate surface area is 123 Å². The van der Waals surface area contributed by atoms with E-state index in [1.165, 1.54) is 9.75 Å². The van der Waals surface area contributed by atoms with E-state index in [0.29, 0.717) is 6.04 Å². The first-order valence-electron chi connectivity index (χ1n) is 6.65. The molecule has 2 heterocycles. The minimum atomic E-state index is 0.459. The summed E-state index contributed by atoms with van der Waals surface area (Å²) in [6, 6.07) is 4.75. The summed E-state index contributed by atoms with van der Waals surface area (Å²) in [4.78, 5) is 9.63. The summed E-state index contributed by atoms with van der Waals surface area (Å²) >= 11 is 3.59. The number of hydrogen-bond acceptors (Lipinski definition) is 5. The molecule has 0 saturated carbocycles. The van der Waals surface area contributed by atoms with Crippen molar-refractivity contribution in [2.45, 2.75) is 39.9 Å². The van der Waals surface area contributed by atoms with Crippen LogP contribution in [-0.2, 0) is 13.1 Å². The number of thiazole rings is 1. The van der Waals surface area contributed by atoms with Crippen LogP contribution in [0.2, 0.25) is 0 Å². The van der Waals surface area contributed by atoms with E-state index in [9.17, 15) is 0 Å². The van der Waals surface area contributed by atoms with E-state index < -0.39 is 0 Å².